The van der Waals surface area contributed by atoms with Crippen LogP contribution in [0.25, 0.3) is 0 Å². The molecule has 0 aliphatic heterocycles. The van der Waals surface area contributed by atoms with Gasteiger partial charge in [-0.05, 0) is 43.9 Å². The van der Waals surface area contributed by atoms with Crippen LogP contribution in [0.5, 0.6) is 5.75 Å². The highest BCUT2D eigenvalue weighted by Gasteiger charge is 2.14. The lowest BCUT2D eigenvalue weighted by Gasteiger charge is -2.21. The van der Waals surface area contributed by atoms with Gasteiger partial charge in [0.05, 0.1) is 26.9 Å². The molecule has 7 heteroatoms. The fraction of sp³-hybridized carbons (Fsp3) is 0.619. The molecule has 0 radical (unpaired) electrons. The van der Waals surface area contributed by atoms with E-state index in [2.05, 4.69) is 29.5 Å². The Morgan fingerprint density at radius 3 is 2.50 bits per heavy atom. The van der Waals surface area contributed by atoms with Crippen LogP contribution in [0.15, 0.2) is 23.2 Å². The van der Waals surface area contributed by atoms with Crippen molar-refractivity contribution in [2.24, 2.45) is 10.9 Å². The van der Waals surface area contributed by atoms with Crippen molar-refractivity contribution in [1.29, 1.82) is 0 Å². The van der Waals surface area contributed by atoms with Crippen molar-refractivity contribution in [1.82, 2.24) is 10.6 Å². The molecular formula is C21H35N3O4. The molecule has 1 atom stereocenters. The molecule has 0 heterocycles. The second-order valence-corrected chi connectivity index (χ2v) is 6.67. The first-order valence-corrected chi connectivity index (χ1v) is 9.85. The van der Waals surface area contributed by atoms with Gasteiger partial charge in [-0.2, -0.15) is 0 Å². The lowest BCUT2D eigenvalue weighted by atomic mass is 10.0. The van der Waals surface area contributed by atoms with Gasteiger partial charge in [0.2, 0.25) is 0 Å². The number of esters is 1. The zero-order chi connectivity index (χ0) is 20.9. The number of aliphatic imine (C=N–C) groups is 1. The molecule has 158 valence electrons. The average molecular weight is 394 g/mol. The Balaban J connectivity index is 2.77. The number of guanidine groups is 1. The zero-order valence-electron chi connectivity index (χ0n) is 18.0. The topological polar surface area (TPSA) is 81.2 Å². The molecule has 0 fully saturated rings. The minimum atomic E-state index is -0.427. The quantitative estimate of drug-likeness (QED) is 0.342. The van der Waals surface area contributed by atoms with E-state index in [1.54, 1.807) is 12.1 Å². The summed E-state index contributed by atoms with van der Waals surface area (Å²) in [5, 5.41) is 6.59. The van der Waals surface area contributed by atoms with Crippen molar-refractivity contribution in [3.63, 3.8) is 0 Å². The van der Waals surface area contributed by atoms with Crippen molar-refractivity contribution in [3.05, 3.63) is 29.3 Å². The van der Waals surface area contributed by atoms with E-state index in [0.717, 1.165) is 37.6 Å². The van der Waals surface area contributed by atoms with Crippen LogP contribution in [0.2, 0.25) is 0 Å². The Morgan fingerprint density at radius 2 is 1.93 bits per heavy atom. The van der Waals surface area contributed by atoms with E-state index in [0.29, 0.717) is 23.8 Å². The maximum absolute atomic E-state index is 11.9. The third-order valence-electron chi connectivity index (χ3n) is 4.28. The zero-order valence-corrected chi connectivity index (χ0v) is 18.0. The first-order chi connectivity index (χ1) is 13.5. The number of carbonyl (C=O) groups excluding carboxylic acids is 1. The van der Waals surface area contributed by atoms with Gasteiger partial charge >= 0.3 is 5.97 Å². The van der Waals surface area contributed by atoms with Crippen LogP contribution in [-0.2, 0) is 16.0 Å². The van der Waals surface area contributed by atoms with Crippen LogP contribution in [0.4, 0.5) is 0 Å². The van der Waals surface area contributed by atoms with Crippen molar-refractivity contribution in [3.8, 4) is 5.75 Å². The molecule has 0 spiro atoms. The Morgan fingerprint density at radius 1 is 1.18 bits per heavy atom. The molecule has 0 bridgehead atoms. The van der Waals surface area contributed by atoms with Crippen LogP contribution >= 0.6 is 0 Å². The largest absolute Gasteiger partial charge is 0.496 e. The Bertz CT molecular complexity index is 632. The van der Waals surface area contributed by atoms with Gasteiger partial charge in [0.15, 0.2) is 5.96 Å². The number of nitrogens with zero attached hydrogens (tertiary/aromatic N) is 1. The molecule has 0 aliphatic rings. The lowest BCUT2D eigenvalue weighted by Crippen LogP contribution is -2.39. The summed E-state index contributed by atoms with van der Waals surface area (Å²) in [4.78, 5) is 16.5. The smallest absolute Gasteiger partial charge is 0.341 e. The summed E-state index contributed by atoms with van der Waals surface area (Å²) in [7, 11) is 2.88. The van der Waals surface area contributed by atoms with Crippen molar-refractivity contribution < 1.29 is 19.0 Å². The van der Waals surface area contributed by atoms with Gasteiger partial charge in [-0.1, -0.05) is 19.9 Å². The van der Waals surface area contributed by atoms with Gasteiger partial charge in [0, 0.05) is 19.7 Å². The first-order valence-electron chi connectivity index (χ1n) is 9.85. The van der Waals surface area contributed by atoms with Crippen molar-refractivity contribution in [2.75, 3.05) is 33.9 Å². The summed E-state index contributed by atoms with van der Waals surface area (Å²) in [5.74, 6) is 1.26. The number of hydrogen-bond donors (Lipinski definition) is 2. The van der Waals surface area contributed by atoms with Crippen LogP contribution in [0, 0.1) is 5.92 Å². The Hall–Kier alpha value is -2.28. The third kappa shape index (κ3) is 7.76. The van der Waals surface area contributed by atoms with Gasteiger partial charge in [-0.15, -0.1) is 0 Å². The predicted molar refractivity (Wildman–Crippen MR) is 112 cm³/mol. The number of ether oxygens (including phenoxy) is 3. The first kappa shape index (κ1) is 23.8. The maximum atomic E-state index is 11.9. The highest BCUT2D eigenvalue weighted by Crippen LogP contribution is 2.21. The molecule has 0 saturated heterocycles. The lowest BCUT2D eigenvalue weighted by molar-refractivity contribution is 0.0258. The van der Waals surface area contributed by atoms with Gasteiger partial charge in [-0.25, -0.2) is 9.79 Å². The van der Waals surface area contributed by atoms with E-state index in [-0.39, 0.29) is 6.10 Å². The molecule has 0 saturated carbocycles. The molecule has 1 aromatic carbocycles. The van der Waals surface area contributed by atoms with E-state index in [1.165, 1.54) is 14.2 Å². The molecule has 7 nitrogen and oxygen atoms in total. The van der Waals surface area contributed by atoms with Crippen molar-refractivity contribution in [2.45, 2.75) is 46.8 Å². The van der Waals surface area contributed by atoms with Gasteiger partial charge in [0.25, 0.3) is 0 Å². The number of methoxy groups -OCH3 is 2. The van der Waals surface area contributed by atoms with Crippen LogP contribution in [0.3, 0.4) is 0 Å². The van der Waals surface area contributed by atoms with E-state index in [4.69, 9.17) is 14.2 Å². The minimum Gasteiger partial charge on any atom is -0.496 e. The molecule has 2 N–H and O–H groups in total. The number of hydrogen-bond acceptors (Lipinski definition) is 5. The van der Waals surface area contributed by atoms with Crippen LogP contribution in [-0.4, -0.2) is 51.9 Å². The molecule has 0 amide bonds. The second-order valence-electron chi connectivity index (χ2n) is 6.67. The van der Waals surface area contributed by atoms with E-state index in [1.807, 2.05) is 19.9 Å². The molecule has 0 aromatic heterocycles. The highest BCUT2D eigenvalue weighted by atomic mass is 16.5. The van der Waals surface area contributed by atoms with Crippen LogP contribution in [0.1, 0.15) is 50.0 Å². The van der Waals surface area contributed by atoms with Crippen LogP contribution < -0.4 is 15.4 Å². The third-order valence-corrected chi connectivity index (χ3v) is 4.28. The normalized spacial score (nSPS) is 12.6. The molecule has 1 aromatic rings. The second kappa shape index (κ2) is 13.0. The molecule has 0 aliphatic carbocycles. The van der Waals surface area contributed by atoms with Gasteiger partial charge < -0.3 is 24.8 Å². The Labute approximate surface area is 168 Å². The maximum Gasteiger partial charge on any atom is 0.341 e. The summed E-state index contributed by atoms with van der Waals surface area (Å²) in [6.07, 6.45) is 1.13. The Kier molecular flexibility index (Phi) is 11.0. The fourth-order valence-electron chi connectivity index (χ4n) is 2.79. The van der Waals surface area contributed by atoms with E-state index < -0.39 is 5.97 Å². The molecule has 1 unspecified atom stereocenters. The number of nitrogens with one attached hydrogen (secondary N) is 2. The number of benzene rings is 1. The van der Waals surface area contributed by atoms with E-state index >= 15 is 0 Å². The monoisotopic (exact) mass is 393 g/mol. The molecular weight excluding hydrogens is 358 g/mol. The minimum absolute atomic E-state index is 0.226. The summed E-state index contributed by atoms with van der Waals surface area (Å²) >= 11 is 0. The SMILES string of the molecule is CCNC(=NCc1ccc(OC)c(C(=O)OC)c1)NCCC(OCC)C(C)C. The van der Waals surface area contributed by atoms with E-state index in [9.17, 15) is 4.79 Å². The average Bonchev–Trinajstić information content (AvgIpc) is 2.70. The summed E-state index contributed by atoms with van der Waals surface area (Å²) < 4.78 is 15.8. The predicted octanol–water partition coefficient (Wildman–Crippen LogP) is 2.99. The van der Waals surface area contributed by atoms with Gasteiger partial charge in [-0.3, -0.25) is 0 Å². The summed E-state index contributed by atoms with van der Waals surface area (Å²) in [6, 6.07) is 5.40. The number of rotatable bonds is 11. The van der Waals surface area contributed by atoms with Gasteiger partial charge in [0.1, 0.15) is 11.3 Å². The molecule has 28 heavy (non-hydrogen) atoms. The number of carbonyl (C=O) groups is 1. The molecule has 1 rings (SSSR count). The summed E-state index contributed by atoms with van der Waals surface area (Å²) in [5.41, 5.74) is 1.29. The fourth-order valence-corrected chi connectivity index (χ4v) is 2.79. The summed E-state index contributed by atoms with van der Waals surface area (Å²) in [6.45, 7) is 11.1. The standard InChI is InChI=1S/C21H35N3O4/c1-7-22-21(23-12-11-18(15(3)4)28-8-2)24-14-16-9-10-19(26-5)17(13-16)20(25)27-6/h9-10,13,15,18H,7-8,11-12,14H2,1-6H3,(H2,22,23,24). The highest BCUT2D eigenvalue weighted by molar-refractivity contribution is 5.92. The van der Waals surface area contributed by atoms with Crippen molar-refractivity contribution >= 4 is 11.9 Å².